The van der Waals surface area contributed by atoms with Crippen molar-refractivity contribution in [3.05, 3.63) is 59.8 Å². The molecule has 3 aromatic rings. The molecule has 1 amide bonds. The van der Waals surface area contributed by atoms with Crippen LogP contribution in [0.4, 0.5) is 4.39 Å². The number of hydrogen-bond acceptors (Lipinski definition) is 5. The molecule has 8 heteroatoms. The van der Waals surface area contributed by atoms with Crippen LogP contribution in [0.15, 0.2) is 37.1 Å². The fraction of sp³-hybridized carbons (Fsp3) is 0.478. The lowest BCUT2D eigenvalue weighted by molar-refractivity contribution is -0.183. The predicted molar refractivity (Wildman–Crippen MR) is 111 cm³/mol. The second kappa shape index (κ2) is 8.34. The van der Waals surface area contributed by atoms with Gasteiger partial charge in [-0.05, 0) is 56.6 Å². The monoisotopic (exact) mass is 423 g/mol. The molecule has 31 heavy (non-hydrogen) atoms. The van der Waals surface area contributed by atoms with E-state index in [0.717, 1.165) is 55.5 Å². The number of hydroxylamine groups is 2. The number of pyridine rings is 1. The van der Waals surface area contributed by atoms with Gasteiger partial charge in [-0.1, -0.05) is 0 Å². The molecule has 0 spiro atoms. The third-order valence-corrected chi connectivity index (χ3v) is 6.45. The maximum Gasteiger partial charge on any atom is 0.249 e. The molecule has 3 aromatic heterocycles. The van der Waals surface area contributed by atoms with Gasteiger partial charge < -0.3 is 4.40 Å². The van der Waals surface area contributed by atoms with Crippen LogP contribution in [0.2, 0.25) is 0 Å². The number of imidazole rings is 1. The molecule has 0 radical (unpaired) electrons. The van der Waals surface area contributed by atoms with Gasteiger partial charge in [0, 0.05) is 37.1 Å². The molecular formula is C23H26FN5O2. The standard InChI is InChI=1S/C23H26FN5O2/c1-15-13-28-14-17(11-19(24)22(28)27-15)10-16-2-4-18(5-3-16)23(30)29-21(6-9-31-29)20-12-25-7-8-26-20/h7-8,11-14,16,18,21H,2-6,9-10H2,1H3/t16?,18?,21-/m0/s1. The fourth-order valence-corrected chi connectivity index (χ4v) is 4.91. The summed E-state index contributed by atoms with van der Waals surface area (Å²) in [5, 5.41) is 1.53. The lowest BCUT2D eigenvalue weighted by Gasteiger charge is -2.31. The summed E-state index contributed by atoms with van der Waals surface area (Å²) in [6, 6.07) is 1.44. The Kier molecular flexibility index (Phi) is 5.40. The summed E-state index contributed by atoms with van der Waals surface area (Å²) >= 11 is 0. The first-order chi connectivity index (χ1) is 15.1. The molecule has 4 heterocycles. The van der Waals surface area contributed by atoms with Gasteiger partial charge in [0.2, 0.25) is 5.91 Å². The van der Waals surface area contributed by atoms with Crippen LogP contribution in [0.3, 0.4) is 0 Å². The first kappa shape index (κ1) is 20.1. The molecule has 0 N–H and O–H groups in total. The van der Waals surface area contributed by atoms with Crippen LogP contribution in [-0.4, -0.2) is 36.9 Å². The van der Waals surface area contributed by atoms with Crippen LogP contribution in [0.5, 0.6) is 0 Å². The second-order valence-electron chi connectivity index (χ2n) is 8.66. The van der Waals surface area contributed by atoms with Crippen molar-refractivity contribution in [1.82, 2.24) is 24.4 Å². The lowest BCUT2D eigenvalue weighted by Crippen LogP contribution is -2.37. The molecule has 0 unspecified atom stereocenters. The summed E-state index contributed by atoms with van der Waals surface area (Å²) in [5.41, 5.74) is 2.93. The first-order valence-corrected chi connectivity index (χ1v) is 10.9. The number of nitrogens with zero attached hydrogens (tertiary/aromatic N) is 5. The van der Waals surface area contributed by atoms with E-state index in [1.165, 1.54) is 5.06 Å². The van der Waals surface area contributed by atoms with Gasteiger partial charge in [-0.2, -0.15) is 0 Å². The van der Waals surface area contributed by atoms with E-state index in [0.29, 0.717) is 18.2 Å². The van der Waals surface area contributed by atoms with E-state index in [2.05, 4.69) is 15.0 Å². The molecule has 0 aromatic carbocycles. The largest absolute Gasteiger partial charge is 0.304 e. The zero-order chi connectivity index (χ0) is 21.4. The minimum Gasteiger partial charge on any atom is -0.304 e. The van der Waals surface area contributed by atoms with Gasteiger partial charge >= 0.3 is 0 Å². The molecule has 1 atom stereocenters. The predicted octanol–water partition coefficient (Wildman–Crippen LogP) is 3.83. The van der Waals surface area contributed by atoms with E-state index in [1.54, 1.807) is 29.1 Å². The Morgan fingerprint density at radius 1 is 1.19 bits per heavy atom. The van der Waals surface area contributed by atoms with E-state index >= 15 is 0 Å². The number of amides is 1. The van der Waals surface area contributed by atoms with E-state index in [-0.39, 0.29) is 23.7 Å². The highest BCUT2D eigenvalue weighted by Gasteiger charge is 2.38. The van der Waals surface area contributed by atoms with Crippen molar-refractivity contribution < 1.29 is 14.0 Å². The van der Waals surface area contributed by atoms with E-state index in [1.807, 2.05) is 19.3 Å². The number of rotatable bonds is 4. The van der Waals surface area contributed by atoms with Gasteiger partial charge in [-0.3, -0.25) is 19.6 Å². The van der Waals surface area contributed by atoms with Crippen LogP contribution in [0.25, 0.3) is 5.65 Å². The minimum absolute atomic E-state index is 0.0379. The summed E-state index contributed by atoms with van der Waals surface area (Å²) in [6.07, 6.45) is 13.9. The van der Waals surface area contributed by atoms with Crippen molar-refractivity contribution >= 4 is 11.6 Å². The number of aryl methyl sites for hydroxylation is 1. The number of hydrogen-bond donors (Lipinski definition) is 0. The van der Waals surface area contributed by atoms with E-state index < -0.39 is 0 Å². The molecule has 5 rings (SSSR count). The third kappa shape index (κ3) is 4.04. The third-order valence-electron chi connectivity index (χ3n) is 6.45. The van der Waals surface area contributed by atoms with Crippen molar-refractivity contribution in [2.45, 2.75) is 51.5 Å². The number of carbonyl (C=O) groups is 1. The van der Waals surface area contributed by atoms with Gasteiger partial charge in [-0.15, -0.1) is 0 Å². The molecule has 0 bridgehead atoms. The Morgan fingerprint density at radius 3 is 2.81 bits per heavy atom. The highest BCUT2D eigenvalue weighted by molar-refractivity contribution is 5.78. The molecule has 1 saturated heterocycles. The number of fused-ring (bicyclic) bond motifs is 1. The SMILES string of the molecule is Cc1cn2cc(CC3CCC(C(=O)N4OCC[C@H]4c4cnccn4)CC3)cc(F)c2n1. The quantitative estimate of drug-likeness (QED) is 0.638. The van der Waals surface area contributed by atoms with Crippen LogP contribution in [0, 0.1) is 24.6 Å². The zero-order valence-corrected chi connectivity index (χ0v) is 17.6. The molecular weight excluding hydrogens is 397 g/mol. The average molecular weight is 423 g/mol. The number of halogens is 1. The summed E-state index contributed by atoms with van der Waals surface area (Å²) in [4.78, 5) is 31.5. The minimum atomic E-state index is -0.282. The molecule has 1 saturated carbocycles. The molecule has 1 aliphatic carbocycles. The fourth-order valence-electron chi connectivity index (χ4n) is 4.91. The van der Waals surface area contributed by atoms with Gasteiger partial charge in [0.15, 0.2) is 11.5 Å². The van der Waals surface area contributed by atoms with Crippen LogP contribution in [0.1, 0.15) is 55.1 Å². The summed E-state index contributed by atoms with van der Waals surface area (Å²) in [6.45, 7) is 2.38. The second-order valence-corrected chi connectivity index (χ2v) is 8.66. The summed E-state index contributed by atoms with van der Waals surface area (Å²) in [7, 11) is 0. The van der Waals surface area contributed by atoms with Crippen LogP contribution < -0.4 is 0 Å². The Bertz CT molecular complexity index is 1080. The Morgan fingerprint density at radius 2 is 2.03 bits per heavy atom. The Hall–Kier alpha value is -2.87. The Labute approximate surface area is 180 Å². The highest BCUT2D eigenvalue weighted by atomic mass is 19.1. The zero-order valence-electron chi connectivity index (χ0n) is 17.6. The number of carbonyl (C=O) groups excluding carboxylic acids is 1. The van der Waals surface area contributed by atoms with E-state index in [9.17, 15) is 9.18 Å². The molecule has 7 nitrogen and oxygen atoms in total. The molecule has 162 valence electrons. The molecule has 1 aliphatic heterocycles. The van der Waals surface area contributed by atoms with Crippen molar-refractivity contribution in [1.29, 1.82) is 0 Å². The first-order valence-electron chi connectivity index (χ1n) is 10.9. The van der Waals surface area contributed by atoms with Crippen LogP contribution >= 0.6 is 0 Å². The van der Waals surface area contributed by atoms with Gasteiger partial charge in [-0.25, -0.2) is 14.4 Å². The summed E-state index contributed by atoms with van der Waals surface area (Å²) < 4.78 is 16.1. The summed E-state index contributed by atoms with van der Waals surface area (Å²) in [5.74, 6) is 0.175. The number of aromatic nitrogens is 4. The Balaban J connectivity index is 1.21. The molecule has 2 fully saturated rings. The van der Waals surface area contributed by atoms with Gasteiger partial charge in [0.05, 0.1) is 24.2 Å². The van der Waals surface area contributed by atoms with E-state index in [4.69, 9.17) is 4.84 Å². The highest BCUT2D eigenvalue weighted by Crippen LogP contribution is 2.36. The topological polar surface area (TPSA) is 72.6 Å². The maximum atomic E-state index is 14.4. The normalized spacial score (nSPS) is 24.1. The van der Waals surface area contributed by atoms with Crippen molar-refractivity contribution in [2.75, 3.05) is 6.61 Å². The lowest BCUT2D eigenvalue weighted by atomic mass is 9.79. The van der Waals surface area contributed by atoms with Crippen LogP contribution in [-0.2, 0) is 16.1 Å². The van der Waals surface area contributed by atoms with Crippen molar-refractivity contribution in [2.24, 2.45) is 11.8 Å². The average Bonchev–Trinajstić information content (AvgIpc) is 3.41. The van der Waals surface area contributed by atoms with Gasteiger partial charge in [0.1, 0.15) is 6.04 Å². The van der Waals surface area contributed by atoms with Crippen molar-refractivity contribution in [3.8, 4) is 0 Å². The molecule has 2 aliphatic rings. The van der Waals surface area contributed by atoms with Gasteiger partial charge in [0.25, 0.3) is 0 Å². The van der Waals surface area contributed by atoms with Crippen molar-refractivity contribution in [3.63, 3.8) is 0 Å². The maximum absolute atomic E-state index is 14.4. The smallest absolute Gasteiger partial charge is 0.249 e.